The van der Waals surface area contributed by atoms with Crippen molar-refractivity contribution in [3.8, 4) is 17.0 Å². The lowest BCUT2D eigenvalue weighted by Gasteiger charge is -2.51. The van der Waals surface area contributed by atoms with Crippen molar-refractivity contribution in [3.05, 3.63) is 28.8 Å². The van der Waals surface area contributed by atoms with E-state index in [4.69, 9.17) is 0 Å². The van der Waals surface area contributed by atoms with E-state index >= 15 is 4.39 Å². The maximum atomic E-state index is 15.5. The number of aromatic nitrogens is 3. The van der Waals surface area contributed by atoms with Crippen LogP contribution >= 0.6 is 11.3 Å². The highest BCUT2D eigenvalue weighted by atomic mass is 32.1. The number of nitrogens with zero attached hydrogens (tertiary/aromatic N) is 4. The van der Waals surface area contributed by atoms with Crippen molar-refractivity contribution in [2.45, 2.75) is 70.8 Å². The van der Waals surface area contributed by atoms with E-state index in [2.05, 4.69) is 39.2 Å². The number of aromatic hydroxyl groups is 1. The second kappa shape index (κ2) is 6.84. The summed E-state index contributed by atoms with van der Waals surface area (Å²) in [6.45, 7) is 10.8. The van der Waals surface area contributed by atoms with Crippen molar-refractivity contribution < 1.29 is 9.50 Å². The van der Waals surface area contributed by atoms with Crippen LogP contribution in [-0.4, -0.2) is 50.1 Å². The Kier molecular flexibility index (Phi) is 4.54. The second-order valence-electron chi connectivity index (χ2n) is 10.00. The number of aryl methyl sites for hydroxylation is 1. The summed E-state index contributed by atoms with van der Waals surface area (Å²) in [7, 11) is 0. The van der Waals surface area contributed by atoms with Crippen LogP contribution < -0.4 is 10.2 Å². The van der Waals surface area contributed by atoms with Gasteiger partial charge in [0.2, 0.25) is 0 Å². The number of hydrogen-bond acceptors (Lipinski definition) is 7. The summed E-state index contributed by atoms with van der Waals surface area (Å²) >= 11 is 1.59. The Hall–Kier alpha value is -2.32. The number of hydrogen-bond donors (Lipinski definition) is 2. The van der Waals surface area contributed by atoms with E-state index in [0.29, 0.717) is 17.7 Å². The average molecular weight is 442 g/mol. The number of piperidine rings is 1. The van der Waals surface area contributed by atoms with Gasteiger partial charge in [-0.1, -0.05) is 0 Å². The molecular formula is C23H28FN5OS. The van der Waals surface area contributed by atoms with Gasteiger partial charge in [-0.3, -0.25) is 0 Å². The largest absolute Gasteiger partial charge is 0.507 e. The Bertz CT molecular complexity index is 1170. The molecule has 6 nitrogen and oxygen atoms in total. The Labute approximate surface area is 185 Å². The third-order valence-electron chi connectivity index (χ3n) is 6.44. The molecule has 0 radical (unpaired) electrons. The fourth-order valence-electron chi connectivity index (χ4n) is 5.30. The van der Waals surface area contributed by atoms with E-state index in [0.717, 1.165) is 39.6 Å². The van der Waals surface area contributed by atoms with E-state index in [9.17, 15) is 5.11 Å². The van der Waals surface area contributed by atoms with E-state index in [1.807, 2.05) is 32.9 Å². The first kappa shape index (κ1) is 20.6. The fourth-order valence-corrected chi connectivity index (χ4v) is 6.15. The summed E-state index contributed by atoms with van der Waals surface area (Å²) in [5.41, 5.74) is 2.34. The van der Waals surface area contributed by atoms with Crippen LogP contribution in [-0.2, 0) is 6.42 Å². The molecule has 1 aromatic carbocycles. The molecule has 0 bridgehead atoms. The monoisotopic (exact) mass is 441 g/mol. The summed E-state index contributed by atoms with van der Waals surface area (Å²) in [4.78, 5) is 6.53. The van der Waals surface area contributed by atoms with E-state index < -0.39 is 11.7 Å². The van der Waals surface area contributed by atoms with Crippen molar-refractivity contribution in [1.29, 1.82) is 0 Å². The first-order valence-electron chi connectivity index (χ1n) is 10.7. The number of fused-ring (bicyclic) bond motifs is 2. The average Bonchev–Trinajstić information content (AvgIpc) is 3.24. The normalized spacial score (nSPS) is 24.5. The molecule has 2 aliphatic heterocycles. The molecule has 0 spiro atoms. The first-order chi connectivity index (χ1) is 14.5. The lowest BCUT2D eigenvalue weighted by Crippen LogP contribution is -2.69. The summed E-state index contributed by atoms with van der Waals surface area (Å²) in [5, 5.41) is 23.9. The Balaban J connectivity index is 1.50. The molecule has 3 aromatic rings. The molecule has 0 unspecified atom stereocenters. The Morgan fingerprint density at radius 3 is 2.74 bits per heavy atom. The number of nitrogens with one attached hydrogen (secondary N) is 1. The van der Waals surface area contributed by atoms with Crippen LogP contribution in [0, 0.1) is 6.92 Å². The van der Waals surface area contributed by atoms with Gasteiger partial charge >= 0.3 is 0 Å². The molecule has 31 heavy (non-hydrogen) atoms. The van der Waals surface area contributed by atoms with Crippen molar-refractivity contribution in [3.63, 3.8) is 0 Å². The molecule has 2 atom stereocenters. The number of phenolic OH excluding ortho intramolecular Hbond substituents is 1. The van der Waals surface area contributed by atoms with Gasteiger partial charge in [-0.2, -0.15) is 0 Å². The van der Waals surface area contributed by atoms with Gasteiger partial charge in [-0.25, -0.2) is 9.37 Å². The van der Waals surface area contributed by atoms with Crippen molar-refractivity contribution >= 4 is 27.4 Å². The maximum absolute atomic E-state index is 15.5. The van der Waals surface area contributed by atoms with Crippen LogP contribution in [0.1, 0.15) is 44.7 Å². The number of anilines is 1. The fraction of sp³-hybridized carbons (Fsp3) is 0.522. The number of thiazole rings is 1. The molecule has 2 aliphatic rings. The third kappa shape index (κ3) is 3.46. The number of alkyl halides is 1. The molecule has 2 aromatic heterocycles. The Morgan fingerprint density at radius 2 is 1.97 bits per heavy atom. The summed E-state index contributed by atoms with van der Waals surface area (Å²) < 4.78 is 16.5. The molecule has 0 amide bonds. The standard InChI is InChI=1S/C23H28FN5OS/c1-12-25-16-10-18(30)14(9-19(16)31-12)15-8-13-6-7-29(21(13)27-26-15)17-11-22(2,3)28-23(4,5)20(17)24/h8-10,17,20,28,30H,6-7,11H2,1-5H3/t17-,20-/m0/s1. The van der Waals surface area contributed by atoms with E-state index in [-0.39, 0.29) is 17.3 Å². The van der Waals surface area contributed by atoms with Crippen LogP contribution in [0.25, 0.3) is 21.5 Å². The first-order valence-corrected chi connectivity index (χ1v) is 11.5. The maximum Gasteiger partial charge on any atom is 0.154 e. The minimum atomic E-state index is -1.02. The highest BCUT2D eigenvalue weighted by Crippen LogP contribution is 2.40. The minimum absolute atomic E-state index is 0.146. The highest BCUT2D eigenvalue weighted by Gasteiger charge is 2.49. The van der Waals surface area contributed by atoms with Crippen molar-refractivity contribution in [1.82, 2.24) is 20.5 Å². The molecule has 8 heteroatoms. The van der Waals surface area contributed by atoms with Gasteiger partial charge in [-0.05, 0) is 59.6 Å². The Morgan fingerprint density at radius 1 is 1.19 bits per heavy atom. The molecule has 5 rings (SSSR count). The predicted octanol–water partition coefficient (Wildman–Crippen LogP) is 4.39. The summed E-state index contributed by atoms with van der Waals surface area (Å²) in [5.74, 6) is 0.909. The summed E-state index contributed by atoms with van der Waals surface area (Å²) in [6.07, 6.45) is 0.467. The number of phenols is 1. The van der Waals surface area contributed by atoms with Gasteiger partial charge in [0.05, 0.1) is 27.0 Å². The van der Waals surface area contributed by atoms with Gasteiger partial charge in [-0.15, -0.1) is 21.5 Å². The second-order valence-corrected chi connectivity index (χ2v) is 11.2. The van der Waals surface area contributed by atoms with Crippen LogP contribution in [0.4, 0.5) is 10.2 Å². The number of rotatable bonds is 2. The zero-order chi connectivity index (χ0) is 22.1. The van der Waals surface area contributed by atoms with Crippen LogP contribution in [0.2, 0.25) is 0 Å². The molecule has 1 saturated heterocycles. The van der Waals surface area contributed by atoms with Gasteiger partial charge in [0.25, 0.3) is 0 Å². The van der Waals surface area contributed by atoms with Gasteiger partial charge in [0.1, 0.15) is 11.9 Å². The molecule has 1 fully saturated rings. The predicted molar refractivity (Wildman–Crippen MR) is 123 cm³/mol. The zero-order valence-corrected chi connectivity index (χ0v) is 19.3. The van der Waals surface area contributed by atoms with Gasteiger partial charge < -0.3 is 15.3 Å². The van der Waals surface area contributed by atoms with Gasteiger partial charge in [0.15, 0.2) is 5.82 Å². The number of benzene rings is 1. The molecule has 0 aliphatic carbocycles. The van der Waals surface area contributed by atoms with Crippen molar-refractivity contribution in [2.75, 3.05) is 11.4 Å². The molecular weight excluding hydrogens is 413 g/mol. The zero-order valence-electron chi connectivity index (χ0n) is 18.5. The number of halogens is 1. The van der Waals surface area contributed by atoms with E-state index in [1.54, 1.807) is 17.4 Å². The highest BCUT2D eigenvalue weighted by molar-refractivity contribution is 7.18. The van der Waals surface area contributed by atoms with Gasteiger partial charge in [0, 0.05) is 34.8 Å². The van der Waals surface area contributed by atoms with E-state index in [1.165, 1.54) is 0 Å². The van der Waals surface area contributed by atoms with Crippen LogP contribution in [0.3, 0.4) is 0 Å². The molecule has 4 heterocycles. The molecule has 0 saturated carbocycles. The van der Waals surface area contributed by atoms with Crippen LogP contribution in [0.15, 0.2) is 18.2 Å². The SMILES string of the molecule is Cc1nc2cc(O)c(-c3cc4c(nn3)N([C@H]3CC(C)(C)NC(C)(C)[C@H]3F)CC4)cc2s1. The smallest absolute Gasteiger partial charge is 0.154 e. The molecule has 2 N–H and O–H groups in total. The third-order valence-corrected chi connectivity index (χ3v) is 7.37. The molecule has 164 valence electrons. The topological polar surface area (TPSA) is 74.2 Å². The lowest BCUT2D eigenvalue weighted by molar-refractivity contribution is 0.0555. The lowest BCUT2D eigenvalue weighted by atomic mass is 9.77. The van der Waals surface area contributed by atoms with Crippen molar-refractivity contribution in [2.24, 2.45) is 0 Å². The van der Waals surface area contributed by atoms with Crippen LogP contribution in [0.5, 0.6) is 5.75 Å². The summed E-state index contributed by atoms with van der Waals surface area (Å²) in [6, 6.07) is 5.34. The quantitative estimate of drug-likeness (QED) is 0.615. The minimum Gasteiger partial charge on any atom is -0.507 e.